The lowest BCUT2D eigenvalue weighted by molar-refractivity contribution is -0.155. The molecule has 2 N–H and O–H groups in total. The van der Waals surface area contributed by atoms with Gasteiger partial charge in [-0.25, -0.2) is 4.39 Å². The van der Waals surface area contributed by atoms with Gasteiger partial charge in [-0.1, -0.05) is 38.0 Å². The fourth-order valence-electron chi connectivity index (χ4n) is 2.57. The molecule has 2 rings (SSSR count). The summed E-state index contributed by atoms with van der Waals surface area (Å²) in [5, 5.41) is 0. The van der Waals surface area contributed by atoms with Gasteiger partial charge in [0, 0.05) is 5.56 Å². The summed E-state index contributed by atoms with van der Waals surface area (Å²) in [6, 6.07) is 6.28. The van der Waals surface area contributed by atoms with Crippen molar-refractivity contribution in [2.45, 2.75) is 44.8 Å². The Morgan fingerprint density at radius 2 is 2.21 bits per heavy atom. The summed E-state index contributed by atoms with van der Waals surface area (Å²) < 4.78 is 18.6. The Kier molecular flexibility index (Phi) is 4.20. The topological polar surface area (TPSA) is 52.3 Å². The van der Waals surface area contributed by atoms with Gasteiger partial charge in [0.1, 0.15) is 18.0 Å². The number of hydrogen-bond donors (Lipinski definition) is 1. The predicted octanol–water partition coefficient (Wildman–Crippen LogP) is 2.78. The summed E-state index contributed by atoms with van der Waals surface area (Å²) in [5.41, 5.74) is 5.64. The second-order valence-corrected chi connectivity index (χ2v) is 5.35. The molecule has 3 nitrogen and oxygen atoms in total. The fraction of sp³-hybridized carbons (Fsp3) is 0.533. The van der Waals surface area contributed by atoms with Crippen molar-refractivity contribution in [3.05, 3.63) is 35.6 Å². The van der Waals surface area contributed by atoms with Crippen molar-refractivity contribution in [1.29, 1.82) is 0 Å². The number of halogens is 1. The van der Waals surface area contributed by atoms with Crippen LogP contribution in [0.15, 0.2) is 24.3 Å². The third kappa shape index (κ3) is 2.95. The Hall–Kier alpha value is -1.42. The summed E-state index contributed by atoms with van der Waals surface area (Å²) in [6.07, 6.45) is 3.62. The molecule has 1 fully saturated rings. The normalized spacial score (nSPS) is 27.0. The van der Waals surface area contributed by atoms with Gasteiger partial charge in [-0.3, -0.25) is 4.79 Å². The zero-order valence-electron chi connectivity index (χ0n) is 11.2. The maximum absolute atomic E-state index is 13.4. The number of nitrogens with two attached hydrogens (primary N) is 1. The maximum atomic E-state index is 13.4. The van der Waals surface area contributed by atoms with Crippen LogP contribution in [0.25, 0.3) is 0 Å². The molecular weight excluding hydrogens is 245 g/mol. The second-order valence-electron chi connectivity index (χ2n) is 5.35. The molecule has 0 saturated heterocycles. The molecule has 1 aliphatic rings. The van der Waals surface area contributed by atoms with E-state index in [0.717, 1.165) is 19.3 Å². The molecule has 104 valence electrons. The number of carbonyl (C=O) groups excluding carboxylic acids is 1. The van der Waals surface area contributed by atoms with E-state index in [1.165, 1.54) is 6.07 Å². The van der Waals surface area contributed by atoms with Crippen LogP contribution in [0, 0.1) is 11.7 Å². The average molecular weight is 265 g/mol. The van der Waals surface area contributed by atoms with Crippen molar-refractivity contribution in [2.24, 2.45) is 11.7 Å². The van der Waals surface area contributed by atoms with Crippen LogP contribution in [-0.4, -0.2) is 11.5 Å². The third-order valence-electron chi connectivity index (χ3n) is 4.05. The Balaban J connectivity index is 1.99. The van der Waals surface area contributed by atoms with Crippen molar-refractivity contribution >= 4 is 5.97 Å². The number of ether oxygens (including phenoxy) is 1. The number of benzene rings is 1. The van der Waals surface area contributed by atoms with E-state index in [4.69, 9.17) is 10.5 Å². The van der Waals surface area contributed by atoms with Gasteiger partial charge < -0.3 is 10.5 Å². The smallest absolute Gasteiger partial charge is 0.326 e. The minimum atomic E-state index is -0.913. The fourth-order valence-corrected chi connectivity index (χ4v) is 2.57. The Morgan fingerprint density at radius 3 is 2.89 bits per heavy atom. The molecule has 1 aliphatic carbocycles. The molecule has 1 aromatic carbocycles. The highest BCUT2D eigenvalue weighted by Crippen LogP contribution is 2.32. The van der Waals surface area contributed by atoms with Crippen molar-refractivity contribution in [3.63, 3.8) is 0 Å². The van der Waals surface area contributed by atoms with E-state index >= 15 is 0 Å². The molecule has 19 heavy (non-hydrogen) atoms. The van der Waals surface area contributed by atoms with Crippen molar-refractivity contribution in [1.82, 2.24) is 0 Å². The van der Waals surface area contributed by atoms with Gasteiger partial charge >= 0.3 is 5.97 Å². The van der Waals surface area contributed by atoms with Crippen LogP contribution in [0.4, 0.5) is 4.39 Å². The van der Waals surface area contributed by atoms with Crippen LogP contribution in [0.5, 0.6) is 0 Å². The first-order chi connectivity index (χ1) is 9.04. The Bertz CT molecular complexity index is 463. The first-order valence-electron chi connectivity index (χ1n) is 6.73. The Labute approximate surface area is 112 Å². The monoisotopic (exact) mass is 265 g/mol. The number of carbonyl (C=O) groups is 1. The van der Waals surface area contributed by atoms with Crippen LogP contribution < -0.4 is 5.73 Å². The number of rotatable bonds is 3. The summed E-state index contributed by atoms with van der Waals surface area (Å²) in [7, 11) is 0. The third-order valence-corrected chi connectivity index (χ3v) is 4.05. The zero-order valence-corrected chi connectivity index (χ0v) is 11.2. The molecule has 0 spiro atoms. The van der Waals surface area contributed by atoms with E-state index in [9.17, 15) is 9.18 Å². The summed E-state index contributed by atoms with van der Waals surface area (Å²) >= 11 is 0. The largest absolute Gasteiger partial charge is 0.459 e. The van der Waals surface area contributed by atoms with Gasteiger partial charge in [0.05, 0.1) is 0 Å². The van der Waals surface area contributed by atoms with Gasteiger partial charge in [0.25, 0.3) is 0 Å². The lowest BCUT2D eigenvalue weighted by atomic mass is 9.74. The molecule has 0 aliphatic heterocycles. The molecule has 0 amide bonds. The van der Waals surface area contributed by atoms with Crippen LogP contribution in [0.1, 0.15) is 38.2 Å². The Morgan fingerprint density at radius 1 is 1.47 bits per heavy atom. The molecule has 0 bridgehead atoms. The highest BCUT2D eigenvalue weighted by molar-refractivity contribution is 5.81. The molecule has 1 saturated carbocycles. The minimum Gasteiger partial charge on any atom is -0.459 e. The minimum absolute atomic E-state index is 0.0584. The van der Waals surface area contributed by atoms with E-state index in [-0.39, 0.29) is 18.3 Å². The predicted molar refractivity (Wildman–Crippen MR) is 70.7 cm³/mol. The van der Waals surface area contributed by atoms with E-state index < -0.39 is 11.5 Å². The standard InChI is InChI=1S/C15H20FNO2/c1-11-6-4-5-9-15(11,17)14(18)19-10-12-7-2-3-8-13(12)16/h2-3,7-8,11H,4-6,9-10,17H2,1H3. The van der Waals surface area contributed by atoms with Gasteiger partial charge in [0.15, 0.2) is 0 Å². The molecule has 0 heterocycles. The highest BCUT2D eigenvalue weighted by atomic mass is 19.1. The van der Waals surface area contributed by atoms with Crippen molar-refractivity contribution < 1.29 is 13.9 Å². The maximum Gasteiger partial charge on any atom is 0.326 e. The molecule has 0 aromatic heterocycles. The van der Waals surface area contributed by atoms with E-state index in [1.807, 2.05) is 6.92 Å². The zero-order chi connectivity index (χ0) is 13.9. The van der Waals surface area contributed by atoms with Crippen LogP contribution in [0.3, 0.4) is 0 Å². The molecule has 1 aromatic rings. The van der Waals surface area contributed by atoms with Gasteiger partial charge in [0.2, 0.25) is 0 Å². The summed E-state index contributed by atoms with van der Waals surface area (Å²) in [6.45, 7) is 1.92. The highest BCUT2D eigenvalue weighted by Gasteiger charge is 2.42. The van der Waals surface area contributed by atoms with Gasteiger partial charge in [-0.2, -0.15) is 0 Å². The summed E-state index contributed by atoms with van der Waals surface area (Å²) in [4.78, 5) is 12.1. The van der Waals surface area contributed by atoms with Crippen LogP contribution in [-0.2, 0) is 16.1 Å². The van der Waals surface area contributed by atoms with Crippen molar-refractivity contribution in [3.8, 4) is 0 Å². The van der Waals surface area contributed by atoms with Crippen LogP contribution >= 0.6 is 0 Å². The number of hydrogen-bond acceptors (Lipinski definition) is 3. The molecule has 2 atom stereocenters. The van der Waals surface area contributed by atoms with Crippen LogP contribution in [0.2, 0.25) is 0 Å². The summed E-state index contributed by atoms with van der Waals surface area (Å²) in [5.74, 6) is -0.671. The van der Waals surface area contributed by atoms with Gasteiger partial charge in [-0.15, -0.1) is 0 Å². The molecular formula is C15H20FNO2. The molecule has 2 unspecified atom stereocenters. The van der Waals surface area contributed by atoms with Gasteiger partial charge in [-0.05, 0) is 24.8 Å². The van der Waals surface area contributed by atoms with Crippen molar-refractivity contribution in [2.75, 3.05) is 0 Å². The van der Waals surface area contributed by atoms with E-state index in [2.05, 4.69) is 0 Å². The van der Waals surface area contributed by atoms with E-state index in [0.29, 0.717) is 12.0 Å². The first kappa shape index (κ1) is 14.0. The SMILES string of the molecule is CC1CCCCC1(N)C(=O)OCc1ccccc1F. The first-order valence-corrected chi connectivity index (χ1v) is 6.73. The average Bonchev–Trinajstić information content (AvgIpc) is 2.41. The lowest BCUT2D eigenvalue weighted by Gasteiger charge is -2.36. The second kappa shape index (κ2) is 5.70. The molecule has 0 radical (unpaired) electrons. The number of esters is 1. The van der Waals surface area contributed by atoms with E-state index in [1.54, 1.807) is 18.2 Å². The lowest BCUT2D eigenvalue weighted by Crippen LogP contribution is -2.55. The quantitative estimate of drug-likeness (QED) is 0.855. The molecule has 4 heteroatoms.